The number of hydrogen-bond donors (Lipinski definition) is 1. The van der Waals surface area contributed by atoms with Crippen molar-refractivity contribution < 1.29 is 4.42 Å². The van der Waals surface area contributed by atoms with E-state index in [1.165, 1.54) is 37.9 Å². The normalized spacial score (nSPS) is 16.0. The number of benzene rings is 1. The number of nitrogens with zero attached hydrogens (tertiary/aromatic N) is 3. The Morgan fingerprint density at radius 1 is 1.09 bits per heavy atom. The Hall–Kier alpha value is -1.72. The van der Waals surface area contributed by atoms with Crippen molar-refractivity contribution >= 4 is 0 Å². The molecule has 1 saturated heterocycles. The molecule has 1 aliphatic rings. The van der Waals surface area contributed by atoms with Gasteiger partial charge in [-0.15, -0.1) is 10.2 Å². The van der Waals surface area contributed by atoms with Gasteiger partial charge in [0.25, 0.3) is 0 Å². The van der Waals surface area contributed by atoms with Crippen LogP contribution in [0.4, 0.5) is 0 Å². The maximum absolute atomic E-state index is 5.70. The van der Waals surface area contributed by atoms with Gasteiger partial charge in [-0.3, -0.25) is 0 Å². The Morgan fingerprint density at radius 2 is 1.86 bits per heavy atom. The Balaban J connectivity index is 1.44. The van der Waals surface area contributed by atoms with Crippen molar-refractivity contribution in [2.24, 2.45) is 0 Å². The van der Waals surface area contributed by atoms with Crippen LogP contribution >= 0.6 is 0 Å². The van der Waals surface area contributed by atoms with Gasteiger partial charge in [0, 0.05) is 18.7 Å². The summed E-state index contributed by atoms with van der Waals surface area (Å²) < 4.78 is 5.70. The molecule has 0 atom stereocenters. The molecule has 0 radical (unpaired) electrons. The van der Waals surface area contributed by atoms with Crippen molar-refractivity contribution in [2.75, 3.05) is 26.2 Å². The SMILES string of the molecule is Cc1ccc(-c2nnc(CNCCN3CCCCC3)o2)cc1. The van der Waals surface area contributed by atoms with Gasteiger partial charge in [-0.1, -0.05) is 24.1 Å². The molecule has 1 aromatic carbocycles. The van der Waals surface area contributed by atoms with Crippen molar-refractivity contribution in [1.29, 1.82) is 0 Å². The van der Waals surface area contributed by atoms with E-state index in [0.29, 0.717) is 18.3 Å². The van der Waals surface area contributed by atoms with Crippen LogP contribution in [0.2, 0.25) is 0 Å². The fourth-order valence-electron chi connectivity index (χ4n) is 2.75. The van der Waals surface area contributed by atoms with Crippen LogP contribution in [0, 0.1) is 6.92 Å². The third-order valence-corrected chi connectivity index (χ3v) is 4.10. The van der Waals surface area contributed by atoms with Crippen LogP contribution in [0.25, 0.3) is 11.5 Å². The van der Waals surface area contributed by atoms with Gasteiger partial charge in [0.05, 0.1) is 6.54 Å². The van der Waals surface area contributed by atoms with Crippen LogP contribution in [0.15, 0.2) is 28.7 Å². The van der Waals surface area contributed by atoms with E-state index in [4.69, 9.17) is 4.42 Å². The van der Waals surface area contributed by atoms with Crippen LogP contribution < -0.4 is 5.32 Å². The van der Waals surface area contributed by atoms with Gasteiger partial charge in [0.2, 0.25) is 11.8 Å². The van der Waals surface area contributed by atoms with E-state index in [0.717, 1.165) is 18.7 Å². The number of rotatable bonds is 6. The standard InChI is InChI=1S/C17H24N4O/c1-14-5-7-15(8-6-14)17-20-19-16(22-17)13-18-9-12-21-10-3-2-4-11-21/h5-8,18H,2-4,9-13H2,1H3. The van der Waals surface area contributed by atoms with Gasteiger partial charge in [-0.25, -0.2) is 0 Å². The monoisotopic (exact) mass is 300 g/mol. The van der Waals surface area contributed by atoms with E-state index in [9.17, 15) is 0 Å². The zero-order chi connectivity index (χ0) is 15.2. The van der Waals surface area contributed by atoms with Crippen LogP contribution in [0.3, 0.4) is 0 Å². The lowest BCUT2D eigenvalue weighted by Gasteiger charge is -2.26. The van der Waals surface area contributed by atoms with Gasteiger partial charge in [-0.05, 0) is 45.0 Å². The molecule has 1 aromatic heterocycles. The fourth-order valence-corrected chi connectivity index (χ4v) is 2.75. The summed E-state index contributed by atoms with van der Waals surface area (Å²) in [7, 11) is 0. The highest BCUT2D eigenvalue weighted by atomic mass is 16.4. The van der Waals surface area contributed by atoms with Crippen LogP contribution in [0.5, 0.6) is 0 Å². The van der Waals surface area contributed by atoms with Gasteiger partial charge in [0.15, 0.2) is 0 Å². The first-order valence-corrected chi connectivity index (χ1v) is 8.14. The highest BCUT2D eigenvalue weighted by molar-refractivity contribution is 5.52. The van der Waals surface area contributed by atoms with Crippen LogP contribution in [-0.2, 0) is 6.54 Å². The quantitative estimate of drug-likeness (QED) is 0.831. The van der Waals surface area contributed by atoms with Crippen molar-refractivity contribution in [3.8, 4) is 11.5 Å². The Kier molecular flexibility index (Phi) is 5.19. The number of piperidine rings is 1. The van der Waals surface area contributed by atoms with Crippen molar-refractivity contribution in [3.05, 3.63) is 35.7 Å². The molecule has 0 amide bonds. The molecule has 2 heterocycles. The van der Waals surface area contributed by atoms with Gasteiger partial charge < -0.3 is 14.6 Å². The molecule has 0 unspecified atom stereocenters. The number of aromatic nitrogens is 2. The molecule has 5 nitrogen and oxygen atoms in total. The fraction of sp³-hybridized carbons (Fsp3) is 0.529. The lowest BCUT2D eigenvalue weighted by atomic mass is 10.1. The molecular formula is C17H24N4O. The lowest BCUT2D eigenvalue weighted by molar-refractivity contribution is 0.228. The molecule has 0 spiro atoms. The highest BCUT2D eigenvalue weighted by Gasteiger charge is 2.10. The molecule has 0 saturated carbocycles. The van der Waals surface area contributed by atoms with Crippen molar-refractivity contribution in [2.45, 2.75) is 32.7 Å². The molecule has 0 bridgehead atoms. The second-order valence-electron chi connectivity index (χ2n) is 5.95. The van der Waals surface area contributed by atoms with Crippen LogP contribution in [-0.4, -0.2) is 41.3 Å². The molecule has 2 aromatic rings. The molecule has 1 fully saturated rings. The molecule has 3 rings (SSSR count). The largest absolute Gasteiger partial charge is 0.419 e. The number of nitrogens with one attached hydrogen (secondary N) is 1. The second-order valence-corrected chi connectivity index (χ2v) is 5.95. The Morgan fingerprint density at radius 3 is 2.64 bits per heavy atom. The van der Waals surface area contributed by atoms with Gasteiger partial charge in [0.1, 0.15) is 0 Å². The smallest absolute Gasteiger partial charge is 0.247 e. The first-order chi connectivity index (χ1) is 10.8. The molecule has 5 heteroatoms. The van der Waals surface area contributed by atoms with E-state index in [2.05, 4.69) is 39.5 Å². The average molecular weight is 300 g/mol. The average Bonchev–Trinajstić information content (AvgIpc) is 3.02. The molecule has 118 valence electrons. The Labute approximate surface area is 131 Å². The predicted octanol–water partition coefficient (Wildman–Crippen LogP) is 2.62. The van der Waals surface area contributed by atoms with E-state index >= 15 is 0 Å². The minimum atomic E-state index is 0.591. The lowest BCUT2D eigenvalue weighted by Crippen LogP contribution is -2.35. The van der Waals surface area contributed by atoms with Crippen LogP contribution in [0.1, 0.15) is 30.7 Å². The molecule has 22 heavy (non-hydrogen) atoms. The van der Waals surface area contributed by atoms with E-state index in [-0.39, 0.29) is 0 Å². The summed E-state index contributed by atoms with van der Waals surface area (Å²) in [5.74, 6) is 1.24. The maximum Gasteiger partial charge on any atom is 0.247 e. The highest BCUT2D eigenvalue weighted by Crippen LogP contribution is 2.18. The topological polar surface area (TPSA) is 54.2 Å². The number of likely N-dealkylation sites (tertiary alicyclic amines) is 1. The van der Waals surface area contributed by atoms with Crippen molar-refractivity contribution in [1.82, 2.24) is 20.4 Å². The number of aryl methyl sites for hydroxylation is 1. The minimum absolute atomic E-state index is 0.591. The summed E-state index contributed by atoms with van der Waals surface area (Å²) in [6.07, 6.45) is 4.06. The molecular weight excluding hydrogens is 276 g/mol. The predicted molar refractivity (Wildman–Crippen MR) is 86.5 cm³/mol. The minimum Gasteiger partial charge on any atom is -0.419 e. The molecule has 0 aliphatic carbocycles. The number of hydrogen-bond acceptors (Lipinski definition) is 5. The summed E-state index contributed by atoms with van der Waals surface area (Å²) in [5, 5.41) is 11.6. The third-order valence-electron chi connectivity index (χ3n) is 4.10. The van der Waals surface area contributed by atoms with E-state index in [1.807, 2.05) is 12.1 Å². The maximum atomic E-state index is 5.70. The zero-order valence-electron chi connectivity index (χ0n) is 13.2. The molecule has 1 aliphatic heterocycles. The molecule has 1 N–H and O–H groups in total. The first kappa shape index (κ1) is 15.2. The Bertz CT molecular complexity index is 573. The van der Waals surface area contributed by atoms with Crippen molar-refractivity contribution in [3.63, 3.8) is 0 Å². The van der Waals surface area contributed by atoms with E-state index in [1.54, 1.807) is 0 Å². The van der Waals surface area contributed by atoms with Gasteiger partial charge >= 0.3 is 0 Å². The summed E-state index contributed by atoms with van der Waals surface area (Å²) >= 11 is 0. The first-order valence-electron chi connectivity index (χ1n) is 8.14. The zero-order valence-corrected chi connectivity index (χ0v) is 13.2. The second kappa shape index (κ2) is 7.51. The summed E-state index contributed by atoms with van der Waals surface area (Å²) in [5.41, 5.74) is 2.19. The van der Waals surface area contributed by atoms with E-state index < -0.39 is 0 Å². The van der Waals surface area contributed by atoms with Gasteiger partial charge in [-0.2, -0.15) is 0 Å². The summed E-state index contributed by atoms with van der Waals surface area (Å²) in [4.78, 5) is 2.52. The summed E-state index contributed by atoms with van der Waals surface area (Å²) in [6, 6.07) is 8.12. The summed E-state index contributed by atoms with van der Waals surface area (Å²) in [6.45, 7) is 7.23. The third kappa shape index (κ3) is 4.15.